The van der Waals surface area contributed by atoms with Crippen LogP contribution in [0.1, 0.15) is 27.2 Å². The highest BCUT2D eigenvalue weighted by atomic mass is 16.5. The highest BCUT2D eigenvalue weighted by Gasteiger charge is 2.23. The van der Waals surface area contributed by atoms with Gasteiger partial charge in [-0.25, -0.2) is 0 Å². The van der Waals surface area contributed by atoms with Gasteiger partial charge in [0, 0.05) is 18.2 Å². The third-order valence-electron chi connectivity index (χ3n) is 4.41. The molecule has 7 heteroatoms. The predicted octanol–water partition coefficient (Wildman–Crippen LogP) is 1.54. The maximum atomic E-state index is 12.4. The van der Waals surface area contributed by atoms with Crippen molar-refractivity contribution in [1.82, 2.24) is 10.3 Å². The summed E-state index contributed by atoms with van der Waals surface area (Å²) in [7, 11) is 1.60. The highest BCUT2D eigenvalue weighted by molar-refractivity contribution is 5.95. The number of aromatic nitrogens is 1. The Balaban J connectivity index is 1.68. The van der Waals surface area contributed by atoms with Gasteiger partial charge in [0.05, 0.1) is 19.3 Å². The zero-order valence-corrected chi connectivity index (χ0v) is 14.6. The monoisotopic (exact) mass is 353 g/mol. The van der Waals surface area contributed by atoms with Crippen molar-refractivity contribution in [2.75, 3.05) is 20.3 Å². The number of ether oxygens (including phenoxy) is 2. The van der Waals surface area contributed by atoms with Gasteiger partial charge in [-0.15, -0.1) is 0 Å². The average molecular weight is 353 g/mol. The SMILES string of the molecule is COc1cccc2c1OC[C@H](CNC(=O)c1cc(C#N)c(=O)[nH]c1C)C2. The molecule has 0 unspecified atom stereocenters. The molecule has 0 saturated carbocycles. The Kier molecular flexibility index (Phi) is 4.94. The first-order valence-electron chi connectivity index (χ1n) is 8.24. The van der Waals surface area contributed by atoms with Crippen LogP contribution < -0.4 is 20.3 Å². The normalized spacial score (nSPS) is 15.3. The van der Waals surface area contributed by atoms with Gasteiger partial charge in [-0.3, -0.25) is 9.59 Å². The lowest BCUT2D eigenvalue weighted by atomic mass is 9.96. The second kappa shape index (κ2) is 7.31. The number of benzene rings is 1. The molecule has 2 heterocycles. The number of nitrogens with zero attached hydrogens (tertiary/aromatic N) is 1. The van der Waals surface area contributed by atoms with Crippen molar-refractivity contribution in [3.63, 3.8) is 0 Å². The van der Waals surface area contributed by atoms with E-state index in [1.807, 2.05) is 18.2 Å². The van der Waals surface area contributed by atoms with Crippen molar-refractivity contribution >= 4 is 5.91 Å². The van der Waals surface area contributed by atoms with Crippen LogP contribution >= 0.6 is 0 Å². The molecular weight excluding hydrogens is 334 g/mol. The number of pyridine rings is 1. The summed E-state index contributed by atoms with van der Waals surface area (Å²) in [5.74, 6) is 1.26. The number of H-pyrrole nitrogens is 1. The van der Waals surface area contributed by atoms with E-state index >= 15 is 0 Å². The van der Waals surface area contributed by atoms with Crippen LogP contribution in [0.2, 0.25) is 0 Å². The van der Waals surface area contributed by atoms with Crippen LogP contribution in [0, 0.1) is 24.2 Å². The third kappa shape index (κ3) is 3.40. The third-order valence-corrected chi connectivity index (χ3v) is 4.41. The van der Waals surface area contributed by atoms with Crippen molar-refractivity contribution in [2.24, 2.45) is 5.92 Å². The largest absolute Gasteiger partial charge is 0.493 e. The highest BCUT2D eigenvalue weighted by Crippen LogP contribution is 2.35. The Morgan fingerprint density at radius 1 is 1.50 bits per heavy atom. The Morgan fingerprint density at radius 3 is 3.04 bits per heavy atom. The van der Waals surface area contributed by atoms with Gasteiger partial charge < -0.3 is 19.8 Å². The van der Waals surface area contributed by atoms with E-state index in [4.69, 9.17) is 14.7 Å². The first-order chi connectivity index (χ1) is 12.5. The molecule has 1 amide bonds. The number of carbonyl (C=O) groups excluding carboxylic acids is 1. The van der Waals surface area contributed by atoms with Crippen LogP contribution in [0.25, 0.3) is 0 Å². The molecule has 1 aliphatic heterocycles. The molecule has 1 aromatic heterocycles. The smallest absolute Gasteiger partial charge is 0.266 e. The number of rotatable bonds is 4. The molecule has 0 fully saturated rings. The van der Waals surface area contributed by atoms with E-state index in [0.29, 0.717) is 30.2 Å². The fraction of sp³-hybridized carbons (Fsp3) is 0.316. The first kappa shape index (κ1) is 17.5. The van der Waals surface area contributed by atoms with Gasteiger partial charge >= 0.3 is 0 Å². The summed E-state index contributed by atoms with van der Waals surface area (Å²) < 4.78 is 11.1. The average Bonchev–Trinajstić information content (AvgIpc) is 2.65. The van der Waals surface area contributed by atoms with Gasteiger partial charge in [-0.05, 0) is 31.0 Å². The van der Waals surface area contributed by atoms with Gasteiger partial charge in [0.25, 0.3) is 11.5 Å². The number of hydrogen-bond donors (Lipinski definition) is 2. The van der Waals surface area contributed by atoms with Gasteiger partial charge in [-0.2, -0.15) is 5.26 Å². The number of nitriles is 1. The minimum atomic E-state index is -0.493. The Labute approximate surface area is 150 Å². The Bertz CT molecular complexity index is 943. The standard InChI is InChI=1S/C19H19N3O4/c1-11-15(7-14(8-20)18(23)22-11)19(24)21-9-12-6-13-4-3-5-16(25-2)17(13)26-10-12/h3-5,7,12H,6,9-10H2,1-2H3,(H,21,24)(H,22,23)/t12-/m0/s1. The summed E-state index contributed by atoms with van der Waals surface area (Å²) >= 11 is 0. The van der Waals surface area contributed by atoms with Crippen LogP contribution in [0.3, 0.4) is 0 Å². The molecule has 0 spiro atoms. The zero-order chi connectivity index (χ0) is 18.7. The summed E-state index contributed by atoms with van der Waals surface area (Å²) in [6.07, 6.45) is 0.765. The van der Waals surface area contributed by atoms with Crippen LogP contribution in [0.5, 0.6) is 11.5 Å². The van der Waals surface area contributed by atoms with E-state index in [0.717, 1.165) is 17.7 Å². The van der Waals surface area contributed by atoms with E-state index in [9.17, 15) is 9.59 Å². The van der Waals surface area contributed by atoms with Gasteiger partial charge in [0.15, 0.2) is 11.5 Å². The van der Waals surface area contributed by atoms with Crippen molar-refractivity contribution in [1.29, 1.82) is 5.26 Å². The molecule has 0 radical (unpaired) electrons. The zero-order valence-electron chi connectivity index (χ0n) is 14.6. The fourth-order valence-electron chi connectivity index (χ4n) is 3.02. The maximum Gasteiger partial charge on any atom is 0.266 e. The van der Waals surface area contributed by atoms with E-state index in [1.165, 1.54) is 6.07 Å². The van der Waals surface area contributed by atoms with Crippen LogP contribution in [0.15, 0.2) is 29.1 Å². The van der Waals surface area contributed by atoms with Crippen LogP contribution in [0.4, 0.5) is 0 Å². The molecule has 2 N–H and O–H groups in total. The fourth-order valence-corrected chi connectivity index (χ4v) is 3.02. The van der Waals surface area contributed by atoms with Crippen LogP contribution in [-0.4, -0.2) is 31.2 Å². The summed E-state index contributed by atoms with van der Waals surface area (Å²) in [6.45, 7) is 2.53. The summed E-state index contributed by atoms with van der Waals surface area (Å²) in [5, 5.41) is 11.8. The molecule has 134 valence electrons. The van der Waals surface area contributed by atoms with Gasteiger partial charge in [0.1, 0.15) is 11.6 Å². The second-order valence-corrected chi connectivity index (χ2v) is 6.20. The van der Waals surface area contributed by atoms with Crippen molar-refractivity contribution in [3.05, 3.63) is 57.0 Å². The molecule has 26 heavy (non-hydrogen) atoms. The van der Waals surface area contributed by atoms with E-state index in [1.54, 1.807) is 20.1 Å². The predicted molar refractivity (Wildman–Crippen MR) is 94.5 cm³/mol. The number of methoxy groups -OCH3 is 1. The van der Waals surface area contributed by atoms with E-state index in [2.05, 4.69) is 10.3 Å². The van der Waals surface area contributed by atoms with Gasteiger partial charge in [0.2, 0.25) is 0 Å². The van der Waals surface area contributed by atoms with Crippen molar-refractivity contribution < 1.29 is 14.3 Å². The van der Waals surface area contributed by atoms with Crippen LogP contribution in [-0.2, 0) is 6.42 Å². The number of fused-ring (bicyclic) bond motifs is 1. The van der Waals surface area contributed by atoms with Gasteiger partial charge in [-0.1, -0.05) is 12.1 Å². The maximum absolute atomic E-state index is 12.4. The molecule has 1 atom stereocenters. The number of aromatic amines is 1. The molecule has 1 aliphatic rings. The number of carbonyl (C=O) groups is 1. The minimum Gasteiger partial charge on any atom is -0.493 e. The molecular formula is C19H19N3O4. The quantitative estimate of drug-likeness (QED) is 0.868. The minimum absolute atomic E-state index is 0.0808. The van der Waals surface area contributed by atoms with E-state index < -0.39 is 5.56 Å². The molecule has 0 saturated heterocycles. The van der Waals surface area contributed by atoms with E-state index in [-0.39, 0.29) is 17.4 Å². The Morgan fingerprint density at radius 2 is 2.31 bits per heavy atom. The second-order valence-electron chi connectivity index (χ2n) is 6.20. The first-order valence-corrected chi connectivity index (χ1v) is 8.24. The lowest BCUT2D eigenvalue weighted by Gasteiger charge is -2.26. The number of aryl methyl sites for hydroxylation is 1. The number of amides is 1. The topological polar surface area (TPSA) is 104 Å². The summed E-state index contributed by atoms with van der Waals surface area (Å²) in [5.41, 5.74) is 1.19. The molecule has 7 nitrogen and oxygen atoms in total. The number of para-hydroxylation sites is 1. The molecule has 0 bridgehead atoms. The molecule has 3 rings (SSSR count). The molecule has 2 aromatic rings. The van der Waals surface area contributed by atoms with Crippen molar-refractivity contribution in [2.45, 2.75) is 13.3 Å². The molecule has 0 aliphatic carbocycles. The number of nitrogens with one attached hydrogen (secondary N) is 2. The van der Waals surface area contributed by atoms with Crippen molar-refractivity contribution in [3.8, 4) is 17.6 Å². The lowest BCUT2D eigenvalue weighted by molar-refractivity contribution is 0.0937. The molecule has 1 aromatic carbocycles. The summed E-state index contributed by atoms with van der Waals surface area (Å²) in [4.78, 5) is 26.5. The summed E-state index contributed by atoms with van der Waals surface area (Å²) in [6, 6.07) is 8.86. The Hall–Kier alpha value is -3.27. The number of hydrogen-bond acceptors (Lipinski definition) is 5. The lowest BCUT2D eigenvalue weighted by Crippen LogP contribution is -2.35.